The monoisotopic (exact) mass is 563 g/mol. The van der Waals surface area contributed by atoms with E-state index >= 15 is 0 Å². The summed E-state index contributed by atoms with van der Waals surface area (Å²) in [5, 5.41) is 2.96. The van der Waals surface area contributed by atoms with E-state index in [0.717, 1.165) is 26.6 Å². The summed E-state index contributed by atoms with van der Waals surface area (Å²) in [4.78, 5) is 29.1. The minimum atomic E-state index is -4.09. The first kappa shape index (κ1) is 30.9. The van der Waals surface area contributed by atoms with Crippen molar-refractivity contribution in [2.45, 2.75) is 65.4 Å². The number of hydrogen-bond acceptors (Lipinski definition) is 4. The summed E-state index contributed by atoms with van der Waals surface area (Å²) >= 11 is 0. The number of sulfonamides is 1. The molecule has 0 bridgehead atoms. The Labute approximate surface area is 239 Å². The lowest BCUT2D eigenvalue weighted by Gasteiger charge is -2.33. The van der Waals surface area contributed by atoms with E-state index in [9.17, 15) is 18.0 Å². The summed E-state index contributed by atoms with van der Waals surface area (Å²) < 4.78 is 29.1. The van der Waals surface area contributed by atoms with Gasteiger partial charge in [0.15, 0.2) is 0 Å². The Morgan fingerprint density at radius 3 is 2.05 bits per heavy atom. The van der Waals surface area contributed by atoms with Crippen molar-refractivity contribution in [3.63, 3.8) is 0 Å². The number of aryl methyl sites for hydroxylation is 3. The SMILES string of the molecule is CC[C@H](C(=O)NCC(C)C)N(Cc1ccccc1C)C(=O)CN(c1cc(C)cc(C)c1)S(=O)(=O)c1ccccc1. The van der Waals surface area contributed by atoms with Crippen LogP contribution in [0, 0.1) is 26.7 Å². The van der Waals surface area contributed by atoms with Crippen LogP contribution in [0.1, 0.15) is 49.4 Å². The quantitative estimate of drug-likeness (QED) is 0.320. The number of hydrogen-bond donors (Lipinski definition) is 1. The van der Waals surface area contributed by atoms with Crippen LogP contribution < -0.4 is 9.62 Å². The van der Waals surface area contributed by atoms with Crippen molar-refractivity contribution in [1.29, 1.82) is 0 Å². The number of nitrogens with zero attached hydrogens (tertiary/aromatic N) is 2. The second-order valence-corrected chi connectivity index (χ2v) is 12.5. The maximum absolute atomic E-state index is 14.2. The molecular formula is C32H41N3O4S. The summed E-state index contributed by atoms with van der Waals surface area (Å²) in [6.45, 7) is 11.8. The van der Waals surface area contributed by atoms with Gasteiger partial charge in [-0.05, 0) is 79.6 Å². The molecule has 3 rings (SSSR count). The zero-order valence-electron chi connectivity index (χ0n) is 24.3. The van der Waals surface area contributed by atoms with Gasteiger partial charge in [-0.15, -0.1) is 0 Å². The van der Waals surface area contributed by atoms with Gasteiger partial charge in [-0.1, -0.05) is 69.3 Å². The number of nitrogens with one attached hydrogen (secondary N) is 1. The van der Waals surface area contributed by atoms with E-state index < -0.39 is 28.5 Å². The van der Waals surface area contributed by atoms with Crippen LogP contribution in [0.4, 0.5) is 5.69 Å². The van der Waals surface area contributed by atoms with Crippen LogP contribution in [0.3, 0.4) is 0 Å². The van der Waals surface area contributed by atoms with Crippen molar-refractivity contribution in [3.05, 3.63) is 95.1 Å². The summed E-state index contributed by atoms with van der Waals surface area (Å²) in [7, 11) is -4.09. The van der Waals surface area contributed by atoms with Crippen LogP contribution in [-0.4, -0.2) is 44.3 Å². The van der Waals surface area contributed by atoms with Gasteiger partial charge < -0.3 is 10.2 Å². The van der Waals surface area contributed by atoms with Gasteiger partial charge >= 0.3 is 0 Å². The average Bonchev–Trinajstić information content (AvgIpc) is 2.91. The van der Waals surface area contributed by atoms with Crippen molar-refractivity contribution < 1.29 is 18.0 Å². The molecule has 0 saturated carbocycles. The molecule has 2 amide bonds. The van der Waals surface area contributed by atoms with Crippen molar-refractivity contribution in [2.24, 2.45) is 5.92 Å². The highest BCUT2D eigenvalue weighted by Crippen LogP contribution is 2.27. The number of amides is 2. The Bertz CT molecular complexity index is 1400. The molecule has 0 aliphatic heterocycles. The molecule has 1 atom stereocenters. The molecule has 1 N–H and O–H groups in total. The van der Waals surface area contributed by atoms with Gasteiger partial charge in [0.2, 0.25) is 11.8 Å². The molecule has 7 nitrogen and oxygen atoms in total. The molecule has 0 spiro atoms. The third-order valence-corrected chi connectivity index (χ3v) is 8.56. The van der Waals surface area contributed by atoms with Crippen molar-refractivity contribution in [3.8, 4) is 0 Å². The second-order valence-electron chi connectivity index (χ2n) is 10.7. The first-order valence-electron chi connectivity index (χ1n) is 13.7. The third kappa shape index (κ3) is 7.72. The summed E-state index contributed by atoms with van der Waals surface area (Å²) in [6, 6.07) is 20.5. The Morgan fingerprint density at radius 1 is 0.875 bits per heavy atom. The number of carbonyl (C=O) groups is 2. The topological polar surface area (TPSA) is 86.8 Å². The molecule has 0 aromatic heterocycles. The van der Waals surface area contributed by atoms with E-state index in [2.05, 4.69) is 5.32 Å². The van der Waals surface area contributed by atoms with Crippen LogP contribution in [0.25, 0.3) is 0 Å². The smallest absolute Gasteiger partial charge is 0.264 e. The number of anilines is 1. The van der Waals surface area contributed by atoms with Gasteiger partial charge in [0.05, 0.1) is 10.6 Å². The second kappa shape index (κ2) is 13.6. The normalized spacial score (nSPS) is 12.2. The van der Waals surface area contributed by atoms with Gasteiger partial charge in [-0.25, -0.2) is 8.42 Å². The predicted octanol–water partition coefficient (Wildman–Crippen LogP) is 5.39. The Kier molecular flexibility index (Phi) is 10.5. The van der Waals surface area contributed by atoms with E-state index in [1.54, 1.807) is 30.3 Å². The highest BCUT2D eigenvalue weighted by atomic mass is 32.2. The molecule has 3 aromatic carbocycles. The summed E-state index contributed by atoms with van der Waals surface area (Å²) in [5.74, 6) is -0.450. The van der Waals surface area contributed by atoms with Gasteiger partial charge in [-0.2, -0.15) is 0 Å². The molecule has 0 fully saturated rings. The fraction of sp³-hybridized carbons (Fsp3) is 0.375. The molecule has 214 valence electrons. The van der Waals surface area contributed by atoms with Crippen molar-refractivity contribution in [2.75, 3.05) is 17.4 Å². The Hall–Kier alpha value is -3.65. The fourth-order valence-corrected chi connectivity index (χ4v) is 6.07. The van der Waals surface area contributed by atoms with Gasteiger partial charge in [0.25, 0.3) is 10.0 Å². The maximum atomic E-state index is 14.2. The van der Waals surface area contributed by atoms with Gasteiger partial charge in [0, 0.05) is 13.1 Å². The standard InChI is InChI=1S/C32H41N3O4S/c1-7-30(32(37)33-20-23(2)3)34(21-27-14-12-11-13-26(27)6)31(36)22-35(28-18-24(4)17-25(5)19-28)40(38,39)29-15-9-8-10-16-29/h8-19,23,30H,7,20-22H2,1-6H3,(H,33,37)/t30-/m1/s1. The zero-order valence-corrected chi connectivity index (χ0v) is 25.2. The Morgan fingerprint density at radius 2 is 1.48 bits per heavy atom. The van der Waals surface area contributed by atoms with Crippen molar-refractivity contribution >= 4 is 27.5 Å². The van der Waals surface area contributed by atoms with E-state index in [4.69, 9.17) is 0 Å². The van der Waals surface area contributed by atoms with Crippen LogP contribution >= 0.6 is 0 Å². The molecule has 8 heteroatoms. The first-order valence-corrected chi connectivity index (χ1v) is 15.2. The maximum Gasteiger partial charge on any atom is 0.264 e. The average molecular weight is 564 g/mol. The summed E-state index contributed by atoms with van der Waals surface area (Å²) in [5.41, 5.74) is 4.05. The Balaban J connectivity index is 2.08. The zero-order chi connectivity index (χ0) is 29.4. The number of carbonyl (C=O) groups excluding carboxylic acids is 2. The van der Waals surface area contributed by atoms with E-state index in [1.165, 1.54) is 17.0 Å². The number of rotatable bonds is 12. The summed E-state index contributed by atoms with van der Waals surface area (Å²) in [6.07, 6.45) is 0.385. The highest BCUT2D eigenvalue weighted by Gasteiger charge is 2.34. The lowest BCUT2D eigenvalue weighted by molar-refractivity contribution is -0.140. The minimum Gasteiger partial charge on any atom is -0.354 e. The molecule has 0 saturated heterocycles. The number of benzene rings is 3. The molecule has 0 aliphatic carbocycles. The molecule has 0 heterocycles. The molecule has 40 heavy (non-hydrogen) atoms. The molecule has 0 unspecified atom stereocenters. The van der Waals surface area contributed by atoms with Crippen LogP contribution in [0.2, 0.25) is 0 Å². The highest BCUT2D eigenvalue weighted by molar-refractivity contribution is 7.92. The van der Waals surface area contributed by atoms with Crippen LogP contribution in [0.15, 0.2) is 77.7 Å². The largest absolute Gasteiger partial charge is 0.354 e. The lowest BCUT2D eigenvalue weighted by atomic mass is 10.1. The van der Waals surface area contributed by atoms with Crippen LogP contribution in [-0.2, 0) is 26.2 Å². The van der Waals surface area contributed by atoms with E-state index in [-0.39, 0.29) is 23.3 Å². The first-order chi connectivity index (χ1) is 18.9. The molecular weight excluding hydrogens is 522 g/mol. The minimum absolute atomic E-state index is 0.0918. The fourth-order valence-electron chi connectivity index (χ4n) is 4.66. The molecule has 0 aliphatic rings. The predicted molar refractivity (Wildman–Crippen MR) is 161 cm³/mol. The van der Waals surface area contributed by atoms with Crippen LogP contribution in [0.5, 0.6) is 0 Å². The lowest BCUT2D eigenvalue weighted by Crippen LogP contribution is -2.52. The third-order valence-electron chi connectivity index (χ3n) is 6.78. The molecule has 0 radical (unpaired) electrons. The van der Waals surface area contributed by atoms with Gasteiger partial charge in [-0.3, -0.25) is 13.9 Å². The van der Waals surface area contributed by atoms with Crippen molar-refractivity contribution in [1.82, 2.24) is 10.2 Å². The van der Waals surface area contributed by atoms with E-state index in [0.29, 0.717) is 18.7 Å². The molecule has 3 aromatic rings. The van der Waals surface area contributed by atoms with E-state index in [1.807, 2.05) is 71.9 Å². The van der Waals surface area contributed by atoms with Gasteiger partial charge in [0.1, 0.15) is 12.6 Å².